The molecule has 1 aromatic rings. The van der Waals surface area contributed by atoms with Crippen LogP contribution in [0.4, 0.5) is 4.79 Å². The molecule has 1 fully saturated rings. The molecule has 0 N–H and O–H groups in total. The molecule has 122 valence electrons. The van der Waals surface area contributed by atoms with Crippen molar-refractivity contribution in [1.29, 1.82) is 0 Å². The van der Waals surface area contributed by atoms with Crippen LogP contribution in [-0.4, -0.2) is 30.2 Å². The van der Waals surface area contributed by atoms with Crippen LogP contribution in [0.5, 0.6) is 0 Å². The van der Waals surface area contributed by atoms with Crippen LogP contribution in [0, 0.1) is 5.92 Å². The highest BCUT2D eigenvalue weighted by molar-refractivity contribution is 5.69. The van der Waals surface area contributed by atoms with E-state index in [1.807, 2.05) is 51.1 Å². The Labute approximate surface area is 133 Å². The van der Waals surface area contributed by atoms with Crippen molar-refractivity contribution in [2.75, 3.05) is 13.7 Å². The second-order valence-corrected chi connectivity index (χ2v) is 6.94. The number of methoxy groups -OCH3 is 1. The van der Waals surface area contributed by atoms with Crippen LogP contribution in [-0.2, 0) is 15.2 Å². The maximum absolute atomic E-state index is 12.7. The van der Waals surface area contributed by atoms with Gasteiger partial charge in [0.2, 0.25) is 0 Å². The van der Waals surface area contributed by atoms with Crippen LogP contribution in [0.15, 0.2) is 30.3 Å². The quantitative estimate of drug-likeness (QED) is 0.824. The number of carbonyl (C=O) groups is 1. The zero-order chi connectivity index (χ0) is 16.4. The van der Waals surface area contributed by atoms with Gasteiger partial charge in [0.15, 0.2) is 5.72 Å². The summed E-state index contributed by atoms with van der Waals surface area (Å²) >= 11 is 0. The largest absolute Gasteiger partial charge is 0.444 e. The van der Waals surface area contributed by atoms with Gasteiger partial charge in [0, 0.05) is 25.1 Å². The van der Waals surface area contributed by atoms with Gasteiger partial charge in [-0.05, 0) is 33.6 Å². The lowest BCUT2D eigenvalue weighted by Gasteiger charge is -2.50. The molecule has 4 heteroatoms. The molecular weight excluding hydrogens is 278 g/mol. The Morgan fingerprint density at radius 1 is 1.27 bits per heavy atom. The van der Waals surface area contributed by atoms with E-state index in [0.717, 1.165) is 18.4 Å². The predicted octanol–water partition coefficient (Wildman–Crippen LogP) is 4.15. The number of hydrogen-bond acceptors (Lipinski definition) is 3. The van der Waals surface area contributed by atoms with Crippen LogP contribution >= 0.6 is 0 Å². The van der Waals surface area contributed by atoms with Crippen molar-refractivity contribution < 1.29 is 14.3 Å². The molecule has 0 radical (unpaired) electrons. The molecule has 1 aliphatic heterocycles. The fourth-order valence-corrected chi connectivity index (χ4v) is 3.27. The molecular formula is C18H27NO3. The minimum Gasteiger partial charge on any atom is -0.444 e. The molecule has 4 nitrogen and oxygen atoms in total. The smallest absolute Gasteiger partial charge is 0.412 e. The summed E-state index contributed by atoms with van der Waals surface area (Å²) in [7, 11) is 1.67. The minimum atomic E-state index is -0.762. The van der Waals surface area contributed by atoms with Gasteiger partial charge in [0.05, 0.1) is 0 Å². The lowest BCUT2D eigenvalue weighted by atomic mass is 9.82. The van der Waals surface area contributed by atoms with Crippen LogP contribution in [0.25, 0.3) is 0 Å². The standard InChI is InChI=1S/C18H27NO3/c1-14-10-9-13-19(16(20)22-17(2,3)4)18(14,21-5)15-11-7-6-8-12-15/h6-8,11-12,14H,9-10,13H2,1-5H3/t14?,18-/m1/s1. The van der Waals surface area contributed by atoms with E-state index in [9.17, 15) is 4.79 Å². The second kappa shape index (κ2) is 6.29. The number of benzene rings is 1. The first-order chi connectivity index (χ1) is 10.3. The summed E-state index contributed by atoms with van der Waals surface area (Å²) < 4.78 is 11.6. The summed E-state index contributed by atoms with van der Waals surface area (Å²) in [6.45, 7) is 8.43. The van der Waals surface area contributed by atoms with Gasteiger partial charge >= 0.3 is 6.09 Å². The van der Waals surface area contributed by atoms with Gasteiger partial charge in [-0.2, -0.15) is 0 Å². The first-order valence-corrected chi connectivity index (χ1v) is 7.92. The van der Waals surface area contributed by atoms with Gasteiger partial charge in [-0.1, -0.05) is 37.3 Å². The zero-order valence-corrected chi connectivity index (χ0v) is 14.3. The fraction of sp³-hybridized carbons (Fsp3) is 0.611. The number of amides is 1. The van der Waals surface area contributed by atoms with Crippen molar-refractivity contribution in [3.05, 3.63) is 35.9 Å². The summed E-state index contributed by atoms with van der Waals surface area (Å²) in [5, 5.41) is 0. The molecule has 0 saturated carbocycles. The highest BCUT2D eigenvalue weighted by Crippen LogP contribution is 2.43. The molecule has 2 atom stereocenters. The lowest BCUT2D eigenvalue weighted by Crippen LogP contribution is -2.58. The zero-order valence-electron chi connectivity index (χ0n) is 14.3. The van der Waals surface area contributed by atoms with Crippen molar-refractivity contribution in [3.8, 4) is 0 Å². The van der Waals surface area contributed by atoms with E-state index in [2.05, 4.69) is 6.92 Å². The van der Waals surface area contributed by atoms with Crippen LogP contribution < -0.4 is 0 Å². The van der Waals surface area contributed by atoms with Crippen LogP contribution in [0.2, 0.25) is 0 Å². The first-order valence-electron chi connectivity index (χ1n) is 7.92. The topological polar surface area (TPSA) is 38.8 Å². The van der Waals surface area contributed by atoms with Gasteiger partial charge in [0.25, 0.3) is 0 Å². The third kappa shape index (κ3) is 3.12. The predicted molar refractivity (Wildman–Crippen MR) is 86.5 cm³/mol. The Hall–Kier alpha value is -1.55. The second-order valence-electron chi connectivity index (χ2n) is 6.94. The van der Waals surface area contributed by atoms with E-state index >= 15 is 0 Å². The summed E-state index contributed by atoms with van der Waals surface area (Å²) in [4.78, 5) is 14.5. The molecule has 1 aromatic carbocycles. The molecule has 0 aliphatic carbocycles. The van der Waals surface area contributed by atoms with Gasteiger partial charge in [-0.15, -0.1) is 0 Å². The average molecular weight is 305 g/mol. The number of hydrogen-bond donors (Lipinski definition) is 0. The summed E-state index contributed by atoms with van der Waals surface area (Å²) in [6.07, 6.45) is 1.66. The number of likely N-dealkylation sites (tertiary alicyclic amines) is 1. The van der Waals surface area contributed by atoms with Crippen molar-refractivity contribution >= 4 is 6.09 Å². The van der Waals surface area contributed by atoms with Gasteiger partial charge in [-0.25, -0.2) is 4.79 Å². The Morgan fingerprint density at radius 2 is 1.91 bits per heavy atom. The summed E-state index contributed by atoms with van der Waals surface area (Å²) in [5.74, 6) is 0.196. The molecule has 1 aliphatic rings. The van der Waals surface area contributed by atoms with Gasteiger partial charge in [0.1, 0.15) is 5.60 Å². The normalized spacial score (nSPS) is 25.9. The Morgan fingerprint density at radius 3 is 2.45 bits per heavy atom. The third-order valence-electron chi connectivity index (χ3n) is 4.20. The summed E-state index contributed by atoms with van der Waals surface area (Å²) in [6, 6.07) is 9.96. The molecule has 2 rings (SSSR count). The van der Waals surface area contributed by atoms with E-state index in [4.69, 9.17) is 9.47 Å². The number of rotatable bonds is 2. The van der Waals surface area contributed by atoms with Crippen molar-refractivity contribution in [1.82, 2.24) is 4.90 Å². The van der Waals surface area contributed by atoms with E-state index < -0.39 is 11.3 Å². The highest BCUT2D eigenvalue weighted by Gasteiger charge is 2.49. The molecule has 1 amide bonds. The number of nitrogens with zero attached hydrogens (tertiary/aromatic N) is 1. The van der Waals surface area contributed by atoms with Gasteiger partial charge in [-0.3, -0.25) is 4.90 Å². The molecule has 1 unspecified atom stereocenters. The Kier molecular flexibility index (Phi) is 4.81. The maximum atomic E-state index is 12.7. The van der Waals surface area contributed by atoms with Crippen LogP contribution in [0.3, 0.4) is 0 Å². The van der Waals surface area contributed by atoms with Crippen molar-refractivity contribution in [2.45, 2.75) is 51.9 Å². The number of piperidine rings is 1. The molecule has 1 saturated heterocycles. The molecule has 0 spiro atoms. The van der Waals surface area contributed by atoms with E-state index in [0.29, 0.717) is 6.54 Å². The lowest BCUT2D eigenvalue weighted by molar-refractivity contribution is -0.186. The Bertz CT molecular complexity index is 509. The van der Waals surface area contributed by atoms with E-state index in [1.54, 1.807) is 12.0 Å². The molecule has 0 aromatic heterocycles. The van der Waals surface area contributed by atoms with Crippen molar-refractivity contribution in [3.63, 3.8) is 0 Å². The number of ether oxygens (including phenoxy) is 2. The summed E-state index contributed by atoms with van der Waals surface area (Å²) in [5.41, 5.74) is -0.286. The minimum absolute atomic E-state index is 0.196. The molecule has 0 bridgehead atoms. The molecule has 22 heavy (non-hydrogen) atoms. The maximum Gasteiger partial charge on any atom is 0.412 e. The third-order valence-corrected chi connectivity index (χ3v) is 4.20. The highest BCUT2D eigenvalue weighted by atomic mass is 16.6. The van der Waals surface area contributed by atoms with E-state index in [1.165, 1.54) is 0 Å². The SMILES string of the molecule is CO[C@@]1(c2ccccc2)C(C)CCCN1C(=O)OC(C)(C)C. The molecule has 1 heterocycles. The average Bonchev–Trinajstić information content (AvgIpc) is 2.46. The fourth-order valence-electron chi connectivity index (χ4n) is 3.27. The number of carbonyl (C=O) groups excluding carboxylic acids is 1. The van der Waals surface area contributed by atoms with Crippen LogP contribution in [0.1, 0.15) is 46.1 Å². The monoisotopic (exact) mass is 305 g/mol. The first kappa shape index (κ1) is 16.8. The van der Waals surface area contributed by atoms with Crippen molar-refractivity contribution in [2.24, 2.45) is 5.92 Å². The van der Waals surface area contributed by atoms with Gasteiger partial charge < -0.3 is 9.47 Å². The van der Waals surface area contributed by atoms with E-state index in [-0.39, 0.29) is 12.0 Å². The Balaban J connectivity index is 2.43.